The Kier molecular flexibility index (Phi) is 5.26. The number of nitro groups is 1. The molecule has 1 aromatic rings. The first-order chi connectivity index (χ1) is 8.88. The Hall–Kier alpha value is -1.66. The van der Waals surface area contributed by atoms with Crippen molar-refractivity contribution in [1.82, 2.24) is 4.90 Å². The number of rotatable bonds is 5. The number of benzene rings is 1. The predicted molar refractivity (Wildman–Crippen MR) is 71.5 cm³/mol. The molecule has 1 aromatic carbocycles. The molecule has 1 unspecified atom stereocenters. The Balaban J connectivity index is 3.11. The van der Waals surface area contributed by atoms with Gasteiger partial charge in [0.15, 0.2) is 0 Å². The molecule has 0 heterocycles. The Morgan fingerprint density at radius 2 is 2.21 bits per heavy atom. The molecule has 0 aromatic heterocycles. The van der Waals surface area contributed by atoms with Gasteiger partial charge in [0.05, 0.1) is 17.6 Å². The molecular formula is C12H15ClN2O4. The van der Waals surface area contributed by atoms with Crippen LogP contribution in [0.4, 0.5) is 5.69 Å². The zero-order valence-corrected chi connectivity index (χ0v) is 11.7. The Morgan fingerprint density at radius 1 is 1.58 bits per heavy atom. The standard InChI is InChI=1S/C12H15ClN2O4/c1-8(7-19-3)14(2)12(16)10-6-9(13)4-5-11(10)15(17)18/h4-6,8H,7H2,1-3H3. The van der Waals surface area contributed by atoms with Gasteiger partial charge >= 0.3 is 0 Å². The van der Waals surface area contributed by atoms with E-state index in [9.17, 15) is 14.9 Å². The maximum atomic E-state index is 12.2. The van der Waals surface area contributed by atoms with Gasteiger partial charge in [0.1, 0.15) is 5.56 Å². The summed E-state index contributed by atoms with van der Waals surface area (Å²) in [5, 5.41) is 11.2. The summed E-state index contributed by atoms with van der Waals surface area (Å²) >= 11 is 5.79. The molecule has 19 heavy (non-hydrogen) atoms. The van der Waals surface area contributed by atoms with Gasteiger partial charge in [0, 0.05) is 25.2 Å². The van der Waals surface area contributed by atoms with E-state index < -0.39 is 10.8 Å². The van der Waals surface area contributed by atoms with Gasteiger partial charge in [0.2, 0.25) is 0 Å². The number of hydrogen-bond donors (Lipinski definition) is 0. The molecule has 0 N–H and O–H groups in total. The van der Waals surface area contributed by atoms with Crippen LogP contribution in [0.15, 0.2) is 18.2 Å². The summed E-state index contributed by atoms with van der Waals surface area (Å²) in [4.78, 5) is 24.0. The van der Waals surface area contributed by atoms with Crippen LogP contribution in [0.1, 0.15) is 17.3 Å². The van der Waals surface area contributed by atoms with Gasteiger partial charge in [-0.2, -0.15) is 0 Å². The van der Waals surface area contributed by atoms with E-state index in [0.29, 0.717) is 6.61 Å². The molecular weight excluding hydrogens is 272 g/mol. The zero-order valence-electron chi connectivity index (χ0n) is 10.9. The van der Waals surface area contributed by atoms with Gasteiger partial charge in [-0.15, -0.1) is 0 Å². The Labute approximate surface area is 116 Å². The molecule has 0 saturated heterocycles. The first-order valence-electron chi connectivity index (χ1n) is 5.58. The quantitative estimate of drug-likeness (QED) is 0.615. The minimum absolute atomic E-state index is 0.0250. The van der Waals surface area contributed by atoms with Crippen molar-refractivity contribution in [3.05, 3.63) is 38.9 Å². The molecule has 0 fully saturated rings. The maximum Gasteiger partial charge on any atom is 0.282 e. The van der Waals surface area contributed by atoms with Crippen molar-refractivity contribution >= 4 is 23.2 Å². The van der Waals surface area contributed by atoms with Crippen molar-refractivity contribution in [3.8, 4) is 0 Å². The largest absolute Gasteiger partial charge is 0.383 e. The van der Waals surface area contributed by atoms with Crippen LogP contribution in [-0.4, -0.2) is 42.5 Å². The van der Waals surface area contributed by atoms with Gasteiger partial charge in [-0.3, -0.25) is 14.9 Å². The van der Waals surface area contributed by atoms with E-state index in [-0.39, 0.29) is 22.3 Å². The van der Waals surface area contributed by atoms with Gasteiger partial charge in [-0.1, -0.05) is 11.6 Å². The molecule has 0 aliphatic heterocycles. The fourth-order valence-electron chi connectivity index (χ4n) is 1.58. The first-order valence-corrected chi connectivity index (χ1v) is 5.96. The fourth-order valence-corrected chi connectivity index (χ4v) is 1.75. The van der Waals surface area contributed by atoms with Crippen LogP contribution in [0.5, 0.6) is 0 Å². The second kappa shape index (κ2) is 6.49. The number of hydrogen-bond acceptors (Lipinski definition) is 4. The second-order valence-electron chi connectivity index (χ2n) is 4.14. The summed E-state index contributed by atoms with van der Waals surface area (Å²) in [7, 11) is 3.09. The van der Waals surface area contributed by atoms with Crippen molar-refractivity contribution in [2.24, 2.45) is 0 Å². The Bertz CT molecular complexity index is 493. The van der Waals surface area contributed by atoms with Crippen molar-refractivity contribution < 1.29 is 14.5 Å². The summed E-state index contributed by atoms with van der Waals surface area (Å²) in [6, 6.07) is 3.72. The SMILES string of the molecule is COCC(C)N(C)C(=O)c1cc(Cl)ccc1[N+](=O)[O-]. The van der Waals surface area contributed by atoms with Gasteiger partial charge in [0.25, 0.3) is 11.6 Å². The van der Waals surface area contributed by atoms with Crippen LogP contribution in [0.2, 0.25) is 5.02 Å². The van der Waals surface area contributed by atoms with Crippen LogP contribution < -0.4 is 0 Å². The summed E-state index contributed by atoms with van der Waals surface area (Å²) in [5.74, 6) is -0.459. The minimum atomic E-state index is -0.599. The lowest BCUT2D eigenvalue weighted by Crippen LogP contribution is -2.38. The Morgan fingerprint density at radius 3 is 2.74 bits per heavy atom. The highest BCUT2D eigenvalue weighted by Crippen LogP contribution is 2.24. The van der Waals surface area contributed by atoms with E-state index in [1.54, 1.807) is 14.0 Å². The summed E-state index contributed by atoms with van der Waals surface area (Å²) < 4.78 is 4.96. The highest BCUT2D eigenvalue weighted by atomic mass is 35.5. The lowest BCUT2D eigenvalue weighted by atomic mass is 10.1. The van der Waals surface area contributed by atoms with E-state index in [0.717, 1.165) is 0 Å². The van der Waals surface area contributed by atoms with Crippen LogP contribution in [0.25, 0.3) is 0 Å². The molecule has 0 saturated carbocycles. The van der Waals surface area contributed by atoms with Crippen LogP contribution in [0, 0.1) is 10.1 Å². The number of carbonyl (C=O) groups excluding carboxylic acids is 1. The zero-order chi connectivity index (χ0) is 14.6. The third-order valence-electron chi connectivity index (χ3n) is 2.78. The van der Waals surface area contributed by atoms with Crippen LogP contribution in [-0.2, 0) is 4.74 Å². The highest BCUT2D eigenvalue weighted by Gasteiger charge is 2.25. The third-order valence-corrected chi connectivity index (χ3v) is 3.01. The number of likely N-dealkylation sites (N-methyl/N-ethyl adjacent to an activating group) is 1. The maximum absolute atomic E-state index is 12.2. The molecule has 6 nitrogen and oxygen atoms in total. The molecule has 1 rings (SSSR count). The smallest absolute Gasteiger partial charge is 0.282 e. The van der Waals surface area contributed by atoms with Crippen molar-refractivity contribution in [1.29, 1.82) is 0 Å². The monoisotopic (exact) mass is 286 g/mol. The third kappa shape index (κ3) is 3.65. The fraction of sp³-hybridized carbons (Fsp3) is 0.417. The van der Waals surface area contributed by atoms with E-state index >= 15 is 0 Å². The molecule has 1 atom stereocenters. The first kappa shape index (κ1) is 15.4. The average molecular weight is 287 g/mol. The lowest BCUT2D eigenvalue weighted by molar-refractivity contribution is -0.385. The number of methoxy groups -OCH3 is 1. The van der Waals surface area contributed by atoms with Crippen molar-refractivity contribution in [2.45, 2.75) is 13.0 Å². The van der Waals surface area contributed by atoms with Gasteiger partial charge < -0.3 is 9.64 Å². The number of halogens is 1. The topological polar surface area (TPSA) is 72.7 Å². The molecule has 0 aliphatic rings. The second-order valence-corrected chi connectivity index (χ2v) is 4.58. The van der Waals surface area contributed by atoms with Crippen molar-refractivity contribution in [3.63, 3.8) is 0 Å². The number of ether oxygens (including phenoxy) is 1. The molecule has 0 radical (unpaired) electrons. The van der Waals surface area contributed by atoms with Crippen molar-refractivity contribution in [2.75, 3.05) is 20.8 Å². The lowest BCUT2D eigenvalue weighted by Gasteiger charge is -2.24. The molecule has 1 amide bonds. The number of nitro benzene ring substituents is 1. The molecule has 104 valence electrons. The average Bonchev–Trinajstić information content (AvgIpc) is 2.36. The molecule has 0 bridgehead atoms. The molecule has 7 heteroatoms. The van der Waals surface area contributed by atoms with E-state index in [1.807, 2.05) is 0 Å². The van der Waals surface area contributed by atoms with Crippen LogP contribution >= 0.6 is 11.6 Å². The van der Waals surface area contributed by atoms with Gasteiger partial charge in [-0.05, 0) is 19.1 Å². The summed E-state index contributed by atoms with van der Waals surface area (Å²) in [5.41, 5.74) is -0.284. The van der Waals surface area contributed by atoms with E-state index in [2.05, 4.69) is 0 Å². The van der Waals surface area contributed by atoms with E-state index in [4.69, 9.17) is 16.3 Å². The molecule has 0 spiro atoms. The number of nitrogens with zero attached hydrogens (tertiary/aromatic N) is 2. The number of amides is 1. The predicted octanol–water partition coefficient (Wildman–Crippen LogP) is 2.36. The normalized spacial score (nSPS) is 12.0. The minimum Gasteiger partial charge on any atom is -0.383 e. The number of carbonyl (C=O) groups is 1. The summed E-state index contributed by atoms with van der Waals surface area (Å²) in [6.45, 7) is 2.13. The molecule has 0 aliphatic carbocycles. The van der Waals surface area contributed by atoms with Gasteiger partial charge in [-0.25, -0.2) is 0 Å². The highest BCUT2D eigenvalue weighted by molar-refractivity contribution is 6.31. The summed E-state index contributed by atoms with van der Waals surface area (Å²) in [6.07, 6.45) is 0. The van der Waals surface area contributed by atoms with E-state index in [1.165, 1.54) is 30.2 Å². The van der Waals surface area contributed by atoms with Crippen LogP contribution in [0.3, 0.4) is 0 Å².